The molecule has 1 amide bonds. The molecule has 1 aliphatic carbocycles. The van der Waals surface area contributed by atoms with Gasteiger partial charge in [0.15, 0.2) is 22.3 Å². The van der Waals surface area contributed by atoms with E-state index in [0.29, 0.717) is 27.9 Å². The number of amides is 1. The Hall–Kier alpha value is -3.33. The average molecular weight is 452 g/mol. The number of thiazole rings is 1. The summed E-state index contributed by atoms with van der Waals surface area (Å²) in [6, 6.07) is 6.67. The summed E-state index contributed by atoms with van der Waals surface area (Å²) >= 11 is 1.29. The lowest BCUT2D eigenvalue weighted by molar-refractivity contribution is 0.102. The van der Waals surface area contributed by atoms with Gasteiger partial charge in [0.05, 0.1) is 30.0 Å². The smallest absolute Gasteiger partial charge is 0.258 e. The molecule has 4 aromatic rings. The lowest BCUT2D eigenvalue weighted by Crippen LogP contribution is -2.13. The molecule has 9 heteroatoms. The molecule has 7 nitrogen and oxygen atoms in total. The first-order valence-corrected chi connectivity index (χ1v) is 11.3. The van der Waals surface area contributed by atoms with E-state index >= 15 is 0 Å². The van der Waals surface area contributed by atoms with E-state index in [1.54, 1.807) is 23.7 Å². The molecular weight excluding hydrogens is 429 g/mol. The van der Waals surface area contributed by atoms with Crippen molar-refractivity contribution in [1.29, 1.82) is 0 Å². The number of rotatable bonds is 6. The van der Waals surface area contributed by atoms with Gasteiger partial charge in [0.1, 0.15) is 0 Å². The Kier molecular flexibility index (Phi) is 5.13. The second kappa shape index (κ2) is 7.98. The Morgan fingerprint density at radius 1 is 1.28 bits per heavy atom. The molecule has 0 bridgehead atoms. The number of hydrogen-bond donors (Lipinski definition) is 1. The van der Waals surface area contributed by atoms with E-state index in [-0.39, 0.29) is 17.7 Å². The van der Waals surface area contributed by atoms with Crippen molar-refractivity contribution >= 4 is 33.4 Å². The number of ether oxygens (including phenoxy) is 1. The highest BCUT2D eigenvalue weighted by atomic mass is 32.1. The zero-order valence-corrected chi connectivity index (χ0v) is 18.7. The predicted molar refractivity (Wildman–Crippen MR) is 122 cm³/mol. The molecule has 0 radical (unpaired) electrons. The summed E-state index contributed by atoms with van der Waals surface area (Å²) in [5.41, 5.74) is 3.39. The van der Waals surface area contributed by atoms with E-state index in [2.05, 4.69) is 15.4 Å². The third-order valence-electron chi connectivity index (χ3n) is 5.49. The Balaban J connectivity index is 1.45. The van der Waals surface area contributed by atoms with Crippen LogP contribution in [0.25, 0.3) is 22.3 Å². The van der Waals surface area contributed by atoms with Crippen molar-refractivity contribution in [2.24, 2.45) is 0 Å². The lowest BCUT2D eigenvalue weighted by atomic mass is 10.1. The first-order valence-electron chi connectivity index (χ1n) is 10.4. The topological polar surface area (TPSA) is 81.9 Å². The number of fused-ring (bicyclic) bond motifs is 1. The van der Waals surface area contributed by atoms with Crippen molar-refractivity contribution in [2.75, 3.05) is 12.4 Å². The van der Waals surface area contributed by atoms with Gasteiger partial charge in [0.2, 0.25) is 0 Å². The molecular formula is C23H22FN5O2S. The van der Waals surface area contributed by atoms with Crippen molar-refractivity contribution in [3.63, 3.8) is 0 Å². The number of nitrogens with zero attached hydrogens (tertiary/aromatic N) is 4. The van der Waals surface area contributed by atoms with E-state index < -0.39 is 5.82 Å². The van der Waals surface area contributed by atoms with Gasteiger partial charge in [-0.3, -0.25) is 10.1 Å². The Morgan fingerprint density at radius 2 is 2.09 bits per heavy atom. The molecule has 0 aliphatic heterocycles. The van der Waals surface area contributed by atoms with E-state index in [1.807, 2.05) is 24.6 Å². The Bertz CT molecular complexity index is 1330. The summed E-state index contributed by atoms with van der Waals surface area (Å²) in [4.78, 5) is 22.5. The third kappa shape index (κ3) is 3.73. The summed E-state index contributed by atoms with van der Waals surface area (Å²) in [5, 5.41) is 10.3. The molecule has 0 spiro atoms. The predicted octanol–water partition coefficient (Wildman–Crippen LogP) is 5.41. The number of nitrogens with one attached hydrogen (secondary N) is 1. The number of hydrogen-bond acceptors (Lipinski definition) is 6. The van der Waals surface area contributed by atoms with Crippen LogP contribution >= 0.6 is 11.3 Å². The first kappa shape index (κ1) is 20.6. The van der Waals surface area contributed by atoms with Crippen molar-refractivity contribution in [1.82, 2.24) is 19.7 Å². The van der Waals surface area contributed by atoms with E-state index in [0.717, 1.165) is 29.6 Å². The Morgan fingerprint density at radius 3 is 2.78 bits per heavy atom. The van der Waals surface area contributed by atoms with Gasteiger partial charge in [-0.25, -0.2) is 19.0 Å². The number of benzene rings is 1. The fraction of sp³-hybridized carbons (Fsp3) is 0.304. The quantitative estimate of drug-likeness (QED) is 0.424. The normalized spacial score (nSPS) is 13.7. The molecule has 32 heavy (non-hydrogen) atoms. The van der Waals surface area contributed by atoms with Crippen LogP contribution < -0.4 is 10.1 Å². The number of halogens is 1. The molecule has 5 rings (SSSR count). The van der Waals surface area contributed by atoms with Gasteiger partial charge in [-0.15, -0.1) is 11.3 Å². The minimum atomic E-state index is -0.461. The minimum absolute atomic E-state index is 0.136. The average Bonchev–Trinajstić information content (AvgIpc) is 3.37. The summed E-state index contributed by atoms with van der Waals surface area (Å²) in [6.07, 6.45) is 3.87. The van der Waals surface area contributed by atoms with Crippen molar-refractivity contribution in [3.8, 4) is 17.0 Å². The highest BCUT2D eigenvalue weighted by Gasteiger charge is 2.28. The van der Waals surface area contributed by atoms with Crippen LogP contribution in [0.3, 0.4) is 0 Å². The van der Waals surface area contributed by atoms with Crippen molar-refractivity contribution in [3.05, 3.63) is 52.9 Å². The molecule has 1 aliphatic rings. The van der Waals surface area contributed by atoms with E-state index in [4.69, 9.17) is 9.72 Å². The van der Waals surface area contributed by atoms with Gasteiger partial charge in [-0.05, 0) is 51.0 Å². The van der Waals surface area contributed by atoms with Gasteiger partial charge in [0, 0.05) is 28.6 Å². The number of anilines is 1. The molecule has 164 valence electrons. The van der Waals surface area contributed by atoms with Gasteiger partial charge in [-0.1, -0.05) is 0 Å². The fourth-order valence-corrected chi connectivity index (χ4v) is 4.36. The number of pyridine rings is 1. The van der Waals surface area contributed by atoms with Crippen LogP contribution in [0.1, 0.15) is 54.7 Å². The number of carbonyl (C=O) groups excluding carboxylic acids is 1. The maximum Gasteiger partial charge on any atom is 0.258 e. The standard InChI is InChI=1S/C23H22FN5O2S/c1-12(2)29-21-16(10-25-29)15(9-18(26-21)13-4-5-13)22(30)28-23-27-19(11-32-23)14-6-7-20(31-3)17(24)8-14/h6-13H,4-5H2,1-3H3,(H,27,28,30). The fourth-order valence-electron chi connectivity index (χ4n) is 3.65. The SMILES string of the molecule is COc1ccc(-c2csc(NC(=O)c3cc(C4CC4)nc4c3cnn4C(C)C)n2)cc1F. The van der Waals surface area contributed by atoms with Crippen molar-refractivity contribution in [2.45, 2.75) is 38.6 Å². The minimum Gasteiger partial charge on any atom is -0.494 e. The number of methoxy groups -OCH3 is 1. The maximum atomic E-state index is 14.1. The molecule has 0 saturated heterocycles. The van der Waals surface area contributed by atoms with Crippen molar-refractivity contribution < 1.29 is 13.9 Å². The van der Waals surface area contributed by atoms with Crippen LogP contribution in [0.2, 0.25) is 0 Å². The van der Waals surface area contributed by atoms with Crippen LogP contribution in [0.4, 0.5) is 9.52 Å². The largest absolute Gasteiger partial charge is 0.494 e. The van der Waals surface area contributed by atoms with Crippen LogP contribution in [-0.4, -0.2) is 32.8 Å². The molecule has 1 aromatic carbocycles. The molecule has 3 heterocycles. The third-order valence-corrected chi connectivity index (χ3v) is 6.25. The molecule has 1 N–H and O–H groups in total. The zero-order chi connectivity index (χ0) is 22.4. The molecule has 3 aromatic heterocycles. The second-order valence-electron chi connectivity index (χ2n) is 8.13. The maximum absolute atomic E-state index is 14.1. The summed E-state index contributed by atoms with van der Waals surface area (Å²) < 4.78 is 20.9. The van der Waals surface area contributed by atoms with Crippen LogP contribution in [0, 0.1) is 5.82 Å². The highest BCUT2D eigenvalue weighted by Crippen LogP contribution is 2.40. The monoisotopic (exact) mass is 451 g/mol. The number of carbonyl (C=O) groups is 1. The molecule has 0 atom stereocenters. The molecule has 1 saturated carbocycles. The van der Waals surface area contributed by atoms with Gasteiger partial charge in [0.25, 0.3) is 5.91 Å². The van der Waals surface area contributed by atoms with Gasteiger partial charge < -0.3 is 4.74 Å². The summed E-state index contributed by atoms with van der Waals surface area (Å²) in [5.74, 6) is -0.146. The summed E-state index contributed by atoms with van der Waals surface area (Å²) in [6.45, 7) is 4.08. The van der Waals surface area contributed by atoms with Gasteiger partial charge >= 0.3 is 0 Å². The molecule has 1 fully saturated rings. The second-order valence-corrected chi connectivity index (χ2v) is 8.99. The molecule has 0 unspecified atom stereocenters. The Labute approximate surface area is 188 Å². The first-order chi connectivity index (χ1) is 15.4. The van der Waals surface area contributed by atoms with Crippen LogP contribution in [0.15, 0.2) is 35.8 Å². The van der Waals surface area contributed by atoms with E-state index in [9.17, 15) is 9.18 Å². The zero-order valence-electron chi connectivity index (χ0n) is 17.9. The lowest BCUT2D eigenvalue weighted by Gasteiger charge is -2.10. The number of aromatic nitrogens is 4. The van der Waals surface area contributed by atoms with Gasteiger partial charge in [-0.2, -0.15) is 5.10 Å². The summed E-state index contributed by atoms with van der Waals surface area (Å²) in [7, 11) is 1.42. The van der Waals surface area contributed by atoms with E-state index in [1.165, 1.54) is 24.5 Å². The van der Waals surface area contributed by atoms with Crippen LogP contribution in [0.5, 0.6) is 5.75 Å². The van der Waals surface area contributed by atoms with Crippen LogP contribution in [-0.2, 0) is 0 Å². The highest BCUT2D eigenvalue weighted by molar-refractivity contribution is 7.14.